The molecule has 4 fully saturated rings. The van der Waals surface area contributed by atoms with Gasteiger partial charge < -0.3 is 10.3 Å². The van der Waals surface area contributed by atoms with Gasteiger partial charge in [0, 0.05) is 18.4 Å². The maximum absolute atomic E-state index is 12.2. The highest BCUT2D eigenvalue weighted by molar-refractivity contribution is 5.95. The molecule has 2 aromatic rings. The Morgan fingerprint density at radius 3 is 2.19 bits per heavy atom. The minimum atomic E-state index is -0.289. The Bertz CT molecular complexity index is 813. The van der Waals surface area contributed by atoms with Gasteiger partial charge in [-0.3, -0.25) is 4.79 Å². The predicted molar refractivity (Wildman–Crippen MR) is 104 cm³/mol. The van der Waals surface area contributed by atoms with Gasteiger partial charge in [-0.15, -0.1) is 0 Å². The van der Waals surface area contributed by atoms with Crippen molar-refractivity contribution in [2.75, 3.05) is 0 Å². The van der Waals surface area contributed by atoms with Crippen molar-refractivity contribution in [1.29, 1.82) is 0 Å². The summed E-state index contributed by atoms with van der Waals surface area (Å²) in [5, 5.41) is 0. The first kappa shape index (κ1) is 16.2. The smallest absolute Gasteiger partial charge is 0.250 e. The third kappa shape index (κ3) is 2.52. The Hall–Kier alpha value is -2.03. The first-order chi connectivity index (χ1) is 12.5. The van der Waals surface area contributed by atoms with E-state index in [1.165, 1.54) is 38.5 Å². The highest BCUT2D eigenvalue weighted by Gasteiger charge is 2.51. The van der Waals surface area contributed by atoms with Crippen molar-refractivity contribution < 1.29 is 4.79 Å². The summed E-state index contributed by atoms with van der Waals surface area (Å²) in [6, 6.07) is 12.3. The number of carbonyl (C=O) groups excluding carboxylic acids is 1. The van der Waals surface area contributed by atoms with E-state index in [9.17, 15) is 4.79 Å². The summed E-state index contributed by atoms with van der Waals surface area (Å²) in [6.45, 7) is 0. The molecule has 1 aromatic carbocycles. The first-order valence-electron chi connectivity index (χ1n) is 10.1. The molecule has 0 unspecified atom stereocenters. The minimum absolute atomic E-state index is 0.289. The van der Waals surface area contributed by atoms with Gasteiger partial charge in [0.1, 0.15) is 0 Å². The van der Waals surface area contributed by atoms with Gasteiger partial charge in [-0.1, -0.05) is 30.3 Å². The molecule has 2 N–H and O–H groups in total. The lowest BCUT2D eigenvalue weighted by molar-refractivity contribution is -0.0529. The quantitative estimate of drug-likeness (QED) is 0.866. The maximum atomic E-state index is 12.2. The van der Waals surface area contributed by atoms with Crippen molar-refractivity contribution >= 4 is 5.91 Å². The predicted octanol–water partition coefficient (Wildman–Crippen LogP) is 4.55. The van der Waals surface area contributed by atoms with Crippen molar-refractivity contribution in [2.24, 2.45) is 36.0 Å². The molecule has 26 heavy (non-hydrogen) atoms. The van der Waals surface area contributed by atoms with Gasteiger partial charge in [0.2, 0.25) is 0 Å². The van der Waals surface area contributed by atoms with Crippen molar-refractivity contribution in [3.05, 3.63) is 47.7 Å². The molecule has 0 aliphatic heterocycles. The summed E-state index contributed by atoms with van der Waals surface area (Å²) in [4.78, 5) is 12.2. The van der Waals surface area contributed by atoms with Gasteiger partial charge in [-0.2, -0.15) is 0 Å². The van der Waals surface area contributed by atoms with E-state index in [0.717, 1.165) is 46.7 Å². The zero-order chi connectivity index (χ0) is 17.9. The van der Waals surface area contributed by atoms with Crippen LogP contribution in [0.4, 0.5) is 0 Å². The van der Waals surface area contributed by atoms with Crippen LogP contribution < -0.4 is 5.73 Å². The molecule has 0 spiro atoms. The fraction of sp³-hybridized carbons (Fsp3) is 0.522. The second-order valence-corrected chi connectivity index (χ2v) is 9.27. The summed E-state index contributed by atoms with van der Waals surface area (Å²) in [5.41, 5.74) is 10.3. The van der Waals surface area contributed by atoms with E-state index in [1.54, 1.807) is 0 Å². The first-order valence-corrected chi connectivity index (χ1v) is 10.1. The van der Waals surface area contributed by atoms with E-state index in [2.05, 4.69) is 23.7 Å². The largest absolute Gasteiger partial charge is 0.366 e. The second kappa shape index (κ2) is 5.73. The number of primary amides is 1. The molecule has 6 rings (SSSR count). The number of hydrogen-bond acceptors (Lipinski definition) is 1. The number of aromatic nitrogens is 1. The van der Waals surface area contributed by atoms with Crippen LogP contribution >= 0.6 is 0 Å². The summed E-state index contributed by atoms with van der Waals surface area (Å²) in [5.74, 6) is 2.48. The van der Waals surface area contributed by atoms with Crippen LogP contribution in [0.15, 0.2) is 36.4 Å². The zero-order valence-corrected chi connectivity index (χ0v) is 15.6. The second-order valence-electron chi connectivity index (χ2n) is 9.27. The normalized spacial score (nSPS) is 32.1. The monoisotopic (exact) mass is 348 g/mol. The van der Waals surface area contributed by atoms with Gasteiger partial charge in [0.15, 0.2) is 0 Å². The number of nitrogens with two attached hydrogens (primary N) is 1. The van der Waals surface area contributed by atoms with Gasteiger partial charge in [-0.05, 0) is 79.7 Å². The lowest BCUT2D eigenvalue weighted by Gasteiger charge is -2.57. The molecule has 0 radical (unpaired) electrons. The zero-order valence-electron chi connectivity index (χ0n) is 15.6. The van der Waals surface area contributed by atoms with Crippen LogP contribution in [0.3, 0.4) is 0 Å². The molecule has 4 saturated carbocycles. The summed E-state index contributed by atoms with van der Waals surface area (Å²) in [7, 11) is 2.10. The third-order valence-electron chi connectivity index (χ3n) is 7.40. The van der Waals surface area contributed by atoms with Crippen molar-refractivity contribution in [3.63, 3.8) is 0 Å². The molecule has 3 heteroatoms. The lowest BCUT2D eigenvalue weighted by atomic mass is 9.48. The maximum Gasteiger partial charge on any atom is 0.250 e. The molecule has 0 atom stereocenters. The van der Waals surface area contributed by atoms with E-state index >= 15 is 0 Å². The lowest BCUT2D eigenvalue weighted by Crippen LogP contribution is -2.47. The van der Waals surface area contributed by atoms with E-state index in [-0.39, 0.29) is 5.91 Å². The van der Waals surface area contributed by atoms with Crippen molar-refractivity contribution in [2.45, 2.75) is 44.9 Å². The Morgan fingerprint density at radius 1 is 1.08 bits per heavy atom. The molecule has 0 saturated heterocycles. The highest BCUT2D eigenvalue weighted by Crippen LogP contribution is 2.61. The van der Waals surface area contributed by atoms with Crippen LogP contribution in [0, 0.1) is 23.2 Å². The highest BCUT2D eigenvalue weighted by atomic mass is 16.1. The molecule has 4 bridgehead atoms. The number of benzene rings is 1. The average molecular weight is 348 g/mol. The van der Waals surface area contributed by atoms with Gasteiger partial charge in [0.25, 0.3) is 5.91 Å². The molecule has 1 amide bonds. The average Bonchev–Trinajstić information content (AvgIpc) is 2.91. The van der Waals surface area contributed by atoms with Crippen molar-refractivity contribution in [1.82, 2.24) is 4.57 Å². The molecule has 3 nitrogen and oxygen atoms in total. The van der Waals surface area contributed by atoms with E-state index in [1.807, 2.05) is 24.3 Å². The summed E-state index contributed by atoms with van der Waals surface area (Å²) < 4.78 is 2.23. The van der Waals surface area contributed by atoms with Crippen molar-refractivity contribution in [3.8, 4) is 11.3 Å². The molecular weight excluding hydrogens is 320 g/mol. The SMILES string of the molecule is Cn1c(-c2ccccc2)cc(C(N)=O)c1CC12CC3CC(CC(C3)C1)C2. The molecule has 136 valence electrons. The van der Waals surface area contributed by atoms with Gasteiger partial charge >= 0.3 is 0 Å². The van der Waals surface area contributed by atoms with Crippen LogP contribution in [-0.2, 0) is 13.5 Å². The standard InChI is InChI=1S/C23H28N2O/c1-25-20(18-5-3-2-4-6-18)10-19(22(24)26)21(25)14-23-11-15-7-16(12-23)9-17(8-15)13-23/h2-6,10,15-17H,7-9,11-14H2,1H3,(H2,24,26). The van der Waals surface area contributed by atoms with Gasteiger partial charge in [-0.25, -0.2) is 0 Å². The Labute approximate surface area is 155 Å². The third-order valence-corrected chi connectivity index (χ3v) is 7.40. The fourth-order valence-electron chi connectivity index (χ4n) is 6.82. The number of amides is 1. The summed E-state index contributed by atoms with van der Waals surface area (Å²) >= 11 is 0. The molecule has 4 aliphatic carbocycles. The van der Waals surface area contributed by atoms with E-state index < -0.39 is 0 Å². The van der Waals surface area contributed by atoms with E-state index in [4.69, 9.17) is 5.73 Å². The number of nitrogens with zero attached hydrogens (tertiary/aromatic N) is 1. The molecule has 1 heterocycles. The van der Waals surface area contributed by atoms with Crippen LogP contribution in [-0.4, -0.2) is 10.5 Å². The Balaban J connectivity index is 1.55. The van der Waals surface area contributed by atoms with Gasteiger partial charge in [0.05, 0.1) is 5.56 Å². The number of rotatable bonds is 4. The van der Waals surface area contributed by atoms with Crippen LogP contribution in [0.25, 0.3) is 11.3 Å². The molecule has 4 aliphatic rings. The van der Waals surface area contributed by atoms with Crippen LogP contribution in [0.1, 0.15) is 54.6 Å². The van der Waals surface area contributed by atoms with E-state index in [0.29, 0.717) is 5.41 Å². The minimum Gasteiger partial charge on any atom is -0.366 e. The topological polar surface area (TPSA) is 48.0 Å². The Kier molecular flexibility index (Phi) is 3.57. The Morgan fingerprint density at radius 2 is 1.65 bits per heavy atom. The molecule has 1 aromatic heterocycles. The fourth-order valence-corrected chi connectivity index (χ4v) is 6.82. The van der Waals surface area contributed by atoms with Crippen LogP contribution in [0.5, 0.6) is 0 Å². The van der Waals surface area contributed by atoms with Crippen LogP contribution in [0.2, 0.25) is 0 Å². The molecular formula is C23H28N2O. The summed E-state index contributed by atoms with van der Waals surface area (Å²) in [6.07, 6.45) is 9.41. The number of carbonyl (C=O) groups is 1. The number of hydrogen-bond donors (Lipinski definition) is 1.